The molecule has 31 heavy (non-hydrogen) atoms. The number of nitrogens with zero attached hydrogens (tertiary/aromatic N) is 1. The van der Waals surface area contributed by atoms with Crippen molar-refractivity contribution >= 4 is 23.7 Å². The Kier molecular flexibility index (Phi) is 6.83. The highest BCUT2D eigenvalue weighted by Crippen LogP contribution is 2.46. The fourth-order valence-corrected chi connectivity index (χ4v) is 3.32. The van der Waals surface area contributed by atoms with Crippen molar-refractivity contribution in [1.82, 2.24) is 0 Å². The van der Waals surface area contributed by atoms with Gasteiger partial charge in [-0.3, -0.25) is 4.79 Å². The first-order valence-electron chi connectivity index (χ1n) is 9.53. The molecular weight excluding hydrogens is 431 g/mol. The van der Waals surface area contributed by atoms with Gasteiger partial charge in [0.1, 0.15) is 5.75 Å². The molecule has 0 saturated heterocycles. The van der Waals surface area contributed by atoms with Gasteiger partial charge in [0, 0.05) is 23.6 Å². The molecule has 1 unspecified atom stereocenters. The first kappa shape index (κ1) is 23.0. The van der Waals surface area contributed by atoms with Gasteiger partial charge < -0.3 is 14.4 Å². The maximum atomic E-state index is 14.3. The lowest BCUT2D eigenvalue weighted by Crippen LogP contribution is -2.44. The van der Waals surface area contributed by atoms with Crippen molar-refractivity contribution in [3.63, 3.8) is 0 Å². The molecule has 0 radical (unpaired) electrons. The predicted molar refractivity (Wildman–Crippen MR) is 112 cm³/mol. The molecule has 2 aromatic rings. The van der Waals surface area contributed by atoms with Crippen LogP contribution in [0.15, 0.2) is 42.5 Å². The van der Waals surface area contributed by atoms with Crippen LogP contribution >= 0.6 is 11.6 Å². The van der Waals surface area contributed by atoms with Crippen molar-refractivity contribution in [1.29, 1.82) is 0 Å². The molecule has 8 heteroatoms. The number of ether oxygens (including phenoxy) is 2. The average Bonchev–Trinajstić information content (AvgIpc) is 3.57. The first-order valence-corrected chi connectivity index (χ1v) is 9.91. The lowest BCUT2D eigenvalue weighted by Gasteiger charge is -2.33. The van der Waals surface area contributed by atoms with Crippen LogP contribution in [0.2, 0.25) is 5.02 Å². The number of benzene rings is 2. The van der Waals surface area contributed by atoms with E-state index in [-0.39, 0.29) is 28.7 Å². The number of carbonyl (C=O) groups is 1. The fraction of sp³-hybridized carbons (Fsp3) is 0.348. The minimum atomic E-state index is -4.86. The summed E-state index contributed by atoms with van der Waals surface area (Å²) in [4.78, 5) is 13.1. The average molecular weight is 452 g/mol. The van der Waals surface area contributed by atoms with Crippen molar-refractivity contribution in [2.24, 2.45) is 5.92 Å². The number of halogens is 4. The van der Waals surface area contributed by atoms with Crippen LogP contribution in [0, 0.1) is 17.8 Å². The van der Waals surface area contributed by atoms with Gasteiger partial charge in [-0.25, -0.2) is 0 Å². The number of alkyl halides is 3. The number of rotatable bonds is 7. The predicted octanol–water partition coefficient (Wildman–Crippen LogP) is 5.33. The first-order chi connectivity index (χ1) is 14.7. The molecule has 1 fully saturated rings. The normalized spacial score (nSPS) is 15.4. The van der Waals surface area contributed by atoms with Crippen molar-refractivity contribution < 1.29 is 27.4 Å². The summed E-state index contributed by atoms with van der Waals surface area (Å²) in [6, 6.07) is 10.8. The topological polar surface area (TPSA) is 38.8 Å². The second-order valence-corrected chi connectivity index (χ2v) is 7.61. The molecule has 4 nitrogen and oxygen atoms in total. The lowest BCUT2D eigenvalue weighted by molar-refractivity contribution is -0.250. The molecule has 1 atom stereocenters. The zero-order valence-corrected chi connectivity index (χ0v) is 17.8. The molecule has 0 bridgehead atoms. The Labute approximate surface area is 183 Å². The van der Waals surface area contributed by atoms with Gasteiger partial charge in [-0.1, -0.05) is 35.6 Å². The van der Waals surface area contributed by atoms with Crippen molar-refractivity contribution in [3.05, 3.63) is 58.6 Å². The number of carbonyl (C=O) groups excluding carboxylic acids is 1. The van der Waals surface area contributed by atoms with E-state index in [0.717, 1.165) is 26.0 Å². The molecule has 1 amide bonds. The van der Waals surface area contributed by atoms with Crippen molar-refractivity contribution in [2.75, 3.05) is 19.1 Å². The molecule has 3 rings (SSSR count). The largest absolute Gasteiger partial charge is 0.497 e. The zero-order chi connectivity index (χ0) is 22.6. The minimum absolute atomic E-state index is 0.0134. The third-order valence-corrected chi connectivity index (χ3v) is 5.26. The van der Waals surface area contributed by atoms with E-state index < -0.39 is 11.8 Å². The molecular formula is C23H21ClF3NO3. The van der Waals surface area contributed by atoms with Crippen molar-refractivity contribution in [3.8, 4) is 17.6 Å². The Morgan fingerprint density at radius 2 is 1.84 bits per heavy atom. The van der Waals surface area contributed by atoms with E-state index in [1.165, 1.54) is 24.1 Å². The monoisotopic (exact) mass is 451 g/mol. The third kappa shape index (κ3) is 4.97. The molecule has 1 aliphatic rings. The molecule has 0 N–H and O–H groups in total. The number of methoxy groups -OCH3 is 2. The molecule has 2 aromatic carbocycles. The van der Waals surface area contributed by atoms with E-state index in [1.807, 2.05) is 0 Å². The highest BCUT2D eigenvalue weighted by molar-refractivity contribution is 6.30. The number of hydrogen-bond acceptors (Lipinski definition) is 3. The van der Waals surface area contributed by atoms with E-state index >= 15 is 0 Å². The highest BCUT2D eigenvalue weighted by atomic mass is 35.5. The molecule has 0 aromatic heterocycles. The Morgan fingerprint density at radius 3 is 2.35 bits per heavy atom. The Morgan fingerprint density at radius 1 is 1.16 bits per heavy atom. The highest BCUT2D eigenvalue weighted by Gasteiger charge is 2.58. The quantitative estimate of drug-likeness (QED) is 0.422. The fourth-order valence-electron chi connectivity index (χ4n) is 3.15. The maximum absolute atomic E-state index is 14.3. The Hall–Kier alpha value is -2.69. The summed E-state index contributed by atoms with van der Waals surface area (Å²) < 4.78 is 53.1. The van der Waals surface area contributed by atoms with Gasteiger partial charge in [0.2, 0.25) is 6.41 Å². The van der Waals surface area contributed by atoms with Gasteiger partial charge in [-0.15, -0.1) is 0 Å². The van der Waals surface area contributed by atoms with Crippen LogP contribution in [-0.2, 0) is 21.7 Å². The van der Waals surface area contributed by atoms with E-state index in [9.17, 15) is 18.0 Å². The second kappa shape index (κ2) is 9.21. The van der Waals surface area contributed by atoms with Crippen LogP contribution in [0.3, 0.4) is 0 Å². The smallest absolute Gasteiger partial charge is 0.433 e. The van der Waals surface area contributed by atoms with Gasteiger partial charge >= 0.3 is 6.18 Å². The van der Waals surface area contributed by atoms with Gasteiger partial charge in [-0.05, 0) is 48.7 Å². The van der Waals surface area contributed by atoms with Crippen LogP contribution in [-0.4, -0.2) is 26.8 Å². The summed E-state index contributed by atoms with van der Waals surface area (Å²) in [5.41, 5.74) is -2.53. The van der Waals surface area contributed by atoms with E-state index in [2.05, 4.69) is 11.8 Å². The van der Waals surface area contributed by atoms with E-state index in [0.29, 0.717) is 17.7 Å². The second-order valence-electron chi connectivity index (χ2n) is 7.17. The summed E-state index contributed by atoms with van der Waals surface area (Å²) in [6.07, 6.45) is -2.88. The van der Waals surface area contributed by atoms with Gasteiger partial charge in [-0.2, -0.15) is 13.2 Å². The minimum Gasteiger partial charge on any atom is -0.497 e. The van der Waals surface area contributed by atoms with Gasteiger partial charge in [0.05, 0.1) is 19.3 Å². The summed E-state index contributed by atoms with van der Waals surface area (Å²) in [6.45, 7) is 0.0375. The van der Waals surface area contributed by atoms with Crippen molar-refractivity contribution in [2.45, 2.75) is 31.2 Å². The molecule has 1 saturated carbocycles. The molecule has 0 spiro atoms. The standard InChI is InChI=1S/C23H21ClF3NO3/c1-30-19-8-5-17(6-9-19)14-28(15-29)21-10-7-18(24)13-20(21)22(31-2,23(25,26)27)12-11-16-3-4-16/h5-10,13,15-16H,3-4,14H2,1-2H3. The van der Waals surface area contributed by atoms with E-state index in [1.54, 1.807) is 24.3 Å². The van der Waals surface area contributed by atoms with Crippen LogP contribution in [0.5, 0.6) is 5.75 Å². The van der Waals surface area contributed by atoms with Gasteiger partial charge in [0.15, 0.2) is 0 Å². The number of amides is 1. The Bertz CT molecular complexity index is 994. The SMILES string of the molecule is COc1ccc(CN(C=O)c2ccc(Cl)cc2C(C#CC2CC2)(OC)C(F)(F)F)cc1. The molecule has 0 aliphatic heterocycles. The number of hydrogen-bond donors (Lipinski definition) is 0. The van der Waals surface area contributed by atoms with Gasteiger partial charge in [0.25, 0.3) is 5.60 Å². The van der Waals surface area contributed by atoms with Crippen LogP contribution < -0.4 is 9.64 Å². The summed E-state index contributed by atoms with van der Waals surface area (Å²) in [7, 11) is 2.48. The molecule has 164 valence electrons. The Balaban J connectivity index is 2.10. The van der Waals surface area contributed by atoms with Crippen LogP contribution in [0.4, 0.5) is 18.9 Å². The van der Waals surface area contributed by atoms with Crippen LogP contribution in [0.1, 0.15) is 24.0 Å². The zero-order valence-electron chi connectivity index (χ0n) is 17.0. The summed E-state index contributed by atoms with van der Waals surface area (Å²) in [5.74, 6) is 5.51. The summed E-state index contributed by atoms with van der Waals surface area (Å²) in [5, 5.41) is 0.0768. The lowest BCUT2D eigenvalue weighted by atomic mass is 9.90. The molecule has 0 heterocycles. The summed E-state index contributed by atoms with van der Waals surface area (Å²) >= 11 is 6.05. The number of anilines is 1. The molecule has 1 aliphatic carbocycles. The third-order valence-electron chi connectivity index (χ3n) is 5.02. The maximum Gasteiger partial charge on any atom is 0.433 e. The van der Waals surface area contributed by atoms with E-state index in [4.69, 9.17) is 21.1 Å². The van der Waals surface area contributed by atoms with Crippen LogP contribution in [0.25, 0.3) is 0 Å².